The van der Waals surface area contributed by atoms with Gasteiger partial charge in [0.05, 0.1) is 18.4 Å². The topological polar surface area (TPSA) is 118 Å². The van der Waals surface area contributed by atoms with E-state index in [-0.39, 0.29) is 18.0 Å². The highest BCUT2D eigenvalue weighted by atomic mass is 32.1. The number of nitrogens with zero attached hydrogens (tertiary/aromatic N) is 4. The molecular formula is C17H19N7O2S. The molecule has 1 aliphatic heterocycles. The van der Waals surface area contributed by atoms with Gasteiger partial charge in [-0.05, 0) is 12.1 Å². The fourth-order valence-electron chi connectivity index (χ4n) is 2.97. The first-order valence-corrected chi connectivity index (χ1v) is 9.40. The summed E-state index contributed by atoms with van der Waals surface area (Å²) in [5.41, 5.74) is 7.34. The number of carbonyl (C=O) groups is 1. The molecule has 1 fully saturated rings. The molecule has 0 saturated carbocycles. The minimum Gasteiger partial charge on any atom is -0.369 e. The van der Waals surface area contributed by atoms with Crippen LogP contribution in [0.3, 0.4) is 0 Å². The van der Waals surface area contributed by atoms with Crippen molar-refractivity contribution in [2.75, 3.05) is 42.9 Å². The Labute approximate surface area is 158 Å². The van der Waals surface area contributed by atoms with Crippen LogP contribution in [0.5, 0.6) is 0 Å². The SMILES string of the molecule is NCC(=O)Nc1cncc(-c2nn3c(=O)cc(N4CCNCC4)cc3s2)c1. The van der Waals surface area contributed by atoms with Crippen LogP contribution in [0.2, 0.25) is 0 Å². The van der Waals surface area contributed by atoms with E-state index < -0.39 is 0 Å². The monoisotopic (exact) mass is 385 g/mol. The molecule has 3 aromatic rings. The number of carbonyl (C=O) groups excluding carboxylic acids is 1. The average Bonchev–Trinajstić information content (AvgIpc) is 3.14. The van der Waals surface area contributed by atoms with Gasteiger partial charge in [0.15, 0.2) is 0 Å². The maximum atomic E-state index is 12.5. The molecule has 3 aromatic heterocycles. The van der Waals surface area contributed by atoms with Gasteiger partial charge in [-0.2, -0.15) is 9.61 Å². The van der Waals surface area contributed by atoms with Crippen LogP contribution in [0.1, 0.15) is 0 Å². The van der Waals surface area contributed by atoms with Crippen molar-refractivity contribution in [2.24, 2.45) is 5.73 Å². The lowest BCUT2D eigenvalue weighted by Crippen LogP contribution is -2.43. The molecule has 140 valence electrons. The smallest absolute Gasteiger partial charge is 0.274 e. The Morgan fingerprint density at radius 3 is 2.85 bits per heavy atom. The number of fused-ring (bicyclic) bond motifs is 1. The first-order valence-electron chi connectivity index (χ1n) is 8.59. The Balaban J connectivity index is 1.69. The van der Waals surface area contributed by atoms with E-state index >= 15 is 0 Å². The molecule has 0 radical (unpaired) electrons. The van der Waals surface area contributed by atoms with Gasteiger partial charge >= 0.3 is 0 Å². The lowest BCUT2D eigenvalue weighted by Gasteiger charge is -2.29. The zero-order valence-corrected chi connectivity index (χ0v) is 15.3. The number of rotatable bonds is 4. The second-order valence-corrected chi connectivity index (χ2v) is 7.17. The molecule has 4 rings (SSSR count). The summed E-state index contributed by atoms with van der Waals surface area (Å²) in [6.07, 6.45) is 3.19. The Bertz CT molecular complexity index is 1040. The predicted octanol–water partition coefficient (Wildman–Crippen LogP) is 0.125. The fourth-order valence-corrected chi connectivity index (χ4v) is 3.91. The largest absolute Gasteiger partial charge is 0.369 e. The first kappa shape index (κ1) is 17.6. The fraction of sp³-hybridized carbons (Fsp3) is 0.294. The number of pyridine rings is 2. The van der Waals surface area contributed by atoms with Crippen molar-refractivity contribution in [2.45, 2.75) is 0 Å². The van der Waals surface area contributed by atoms with Crippen molar-refractivity contribution in [3.8, 4) is 10.6 Å². The number of hydrogen-bond donors (Lipinski definition) is 3. The number of amides is 1. The molecule has 0 atom stereocenters. The third-order valence-electron chi connectivity index (χ3n) is 4.29. The molecule has 0 aromatic carbocycles. The maximum absolute atomic E-state index is 12.5. The Kier molecular flexibility index (Phi) is 4.84. The molecule has 0 unspecified atom stereocenters. The molecule has 4 heterocycles. The van der Waals surface area contributed by atoms with Crippen molar-refractivity contribution < 1.29 is 4.79 Å². The summed E-state index contributed by atoms with van der Waals surface area (Å²) in [6, 6.07) is 5.37. The Morgan fingerprint density at radius 2 is 2.07 bits per heavy atom. The van der Waals surface area contributed by atoms with Crippen LogP contribution in [0.25, 0.3) is 15.4 Å². The van der Waals surface area contributed by atoms with Crippen molar-refractivity contribution in [1.29, 1.82) is 0 Å². The van der Waals surface area contributed by atoms with E-state index in [2.05, 4.69) is 25.6 Å². The summed E-state index contributed by atoms with van der Waals surface area (Å²) >= 11 is 1.41. The van der Waals surface area contributed by atoms with Crippen molar-refractivity contribution >= 4 is 33.4 Å². The predicted molar refractivity (Wildman–Crippen MR) is 105 cm³/mol. The van der Waals surface area contributed by atoms with Gasteiger partial charge in [-0.25, -0.2) is 0 Å². The molecule has 0 spiro atoms. The van der Waals surface area contributed by atoms with E-state index in [9.17, 15) is 9.59 Å². The van der Waals surface area contributed by atoms with Gasteiger partial charge in [0.2, 0.25) is 5.91 Å². The van der Waals surface area contributed by atoms with Crippen LogP contribution in [-0.4, -0.2) is 53.2 Å². The van der Waals surface area contributed by atoms with E-state index in [0.29, 0.717) is 10.7 Å². The molecule has 27 heavy (non-hydrogen) atoms. The van der Waals surface area contributed by atoms with Crippen LogP contribution in [0.15, 0.2) is 35.4 Å². The highest BCUT2D eigenvalue weighted by Gasteiger charge is 2.15. The minimum atomic E-state index is -0.296. The standard InChI is InChI=1S/C17H19N7O2S/c18-8-14(25)21-12-5-11(9-20-10-12)17-22-24-15(26)6-13(7-16(24)27-17)23-3-1-19-2-4-23/h5-7,9-10,19H,1-4,8,18H2,(H,21,25). The summed E-state index contributed by atoms with van der Waals surface area (Å²) in [7, 11) is 0. The summed E-state index contributed by atoms with van der Waals surface area (Å²) in [5, 5.41) is 11.1. The van der Waals surface area contributed by atoms with E-state index in [0.717, 1.165) is 42.3 Å². The van der Waals surface area contributed by atoms with Crippen LogP contribution in [0, 0.1) is 0 Å². The van der Waals surface area contributed by atoms with Gasteiger partial charge in [-0.3, -0.25) is 14.6 Å². The number of hydrogen-bond acceptors (Lipinski definition) is 8. The zero-order valence-electron chi connectivity index (χ0n) is 14.5. The highest BCUT2D eigenvalue weighted by molar-refractivity contribution is 7.20. The van der Waals surface area contributed by atoms with Gasteiger partial charge in [0, 0.05) is 49.7 Å². The van der Waals surface area contributed by atoms with Crippen LogP contribution >= 0.6 is 11.3 Å². The second-order valence-electron chi connectivity index (χ2n) is 6.16. The lowest BCUT2D eigenvalue weighted by molar-refractivity contribution is -0.114. The quantitative estimate of drug-likeness (QED) is 0.584. The van der Waals surface area contributed by atoms with E-state index in [4.69, 9.17) is 5.73 Å². The molecule has 0 bridgehead atoms. The van der Waals surface area contributed by atoms with Gasteiger partial charge in [-0.15, -0.1) is 0 Å². The number of nitrogens with one attached hydrogen (secondary N) is 2. The molecular weight excluding hydrogens is 366 g/mol. The van der Waals surface area contributed by atoms with E-state index in [1.165, 1.54) is 15.9 Å². The van der Waals surface area contributed by atoms with Gasteiger partial charge in [-0.1, -0.05) is 11.3 Å². The van der Waals surface area contributed by atoms with Gasteiger partial charge < -0.3 is 21.3 Å². The molecule has 0 aliphatic carbocycles. The molecule has 1 amide bonds. The van der Waals surface area contributed by atoms with Crippen molar-refractivity contribution in [3.05, 3.63) is 40.9 Å². The third kappa shape index (κ3) is 3.68. The summed E-state index contributed by atoms with van der Waals surface area (Å²) in [5.74, 6) is -0.296. The molecule has 4 N–H and O–H groups in total. The Morgan fingerprint density at radius 1 is 1.26 bits per heavy atom. The van der Waals surface area contributed by atoms with Crippen molar-refractivity contribution in [3.63, 3.8) is 0 Å². The normalized spacial score (nSPS) is 14.5. The highest BCUT2D eigenvalue weighted by Crippen LogP contribution is 2.28. The number of nitrogens with two attached hydrogens (primary N) is 1. The minimum absolute atomic E-state index is 0.102. The van der Waals surface area contributed by atoms with Crippen molar-refractivity contribution in [1.82, 2.24) is 19.9 Å². The van der Waals surface area contributed by atoms with Crippen LogP contribution < -0.4 is 26.8 Å². The zero-order chi connectivity index (χ0) is 18.8. The van der Waals surface area contributed by atoms with Crippen LogP contribution in [0.4, 0.5) is 11.4 Å². The summed E-state index contributed by atoms with van der Waals surface area (Å²) in [6.45, 7) is 3.44. The average molecular weight is 385 g/mol. The van der Waals surface area contributed by atoms with Crippen LogP contribution in [-0.2, 0) is 4.79 Å². The number of anilines is 2. The Hall–Kier alpha value is -2.82. The summed E-state index contributed by atoms with van der Waals surface area (Å²) in [4.78, 5) is 31.1. The molecule has 9 nitrogen and oxygen atoms in total. The molecule has 10 heteroatoms. The molecule has 1 aliphatic rings. The van der Waals surface area contributed by atoms with Gasteiger partial charge in [0.1, 0.15) is 9.84 Å². The number of aromatic nitrogens is 3. The third-order valence-corrected chi connectivity index (χ3v) is 5.30. The lowest BCUT2D eigenvalue weighted by atomic mass is 10.3. The number of piperazine rings is 1. The first-order chi connectivity index (χ1) is 13.1. The van der Waals surface area contributed by atoms with E-state index in [1.807, 2.05) is 6.07 Å². The summed E-state index contributed by atoms with van der Waals surface area (Å²) < 4.78 is 1.40. The molecule has 1 saturated heterocycles. The maximum Gasteiger partial charge on any atom is 0.274 e. The second kappa shape index (κ2) is 7.43. The van der Waals surface area contributed by atoms with E-state index in [1.54, 1.807) is 24.5 Å². The van der Waals surface area contributed by atoms with Gasteiger partial charge in [0.25, 0.3) is 5.56 Å².